The smallest absolute Gasteiger partial charge is 0.269 e. The number of hydrogen-bond donors (Lipinski definition) is 0. The van der Waals surface area contributed by atoms with Crippen LogP contribution in [0.15, 0.2) is 53.7 Å². The summed E-state index contributed by atoms with van der Waals surface area (Å²) in [7, 11) is 0. The van der Waals surface area contributed by atoms with Crippen LogP contribution < -0.4 is 0 Å². The van der Waals surface area contributed by atoms with Gasteiger partial charge in [-0.3, -0.25) is 24.3 Å². The van der Waals surface area contributed by atoms with Gasteiger partial charge in [0.25, 0.3) is 11.6 Å². The third-order valence-corrected chi connectivity index (χ3v) is 6.90. The molecule has 0 spiro atoms. The predicted octanol–water partition coefficient (Wildman–Crippen LogP) is 3.60. The number of amides is 2. The van der Waals surface area contributed by atoms with E-state index in [4.69, 9.17) is 11.6 Å². The highest BCUT2D eigenvalue weighted by Gasteiger charge is 2.30. The fourth-order valence-electron chi connectivity index (χ4n) is 3.94. The zero-order valence-electron chi connectivity index (χ0n) is 19.1. The number of halogens is 1. The molecule has 0 aliphatic carbocycles. The number of aryl methyl sites for hydroxylation is 1. The molecule has 2 heterocycles. The molecule has 1 fully saturated rings. The van der Waals surface area contributed by atoms with E-state index in [1.54, 1.807) is 15.9 Å². The van der Waals surface area contributed by atoms with Crippen molar-refractivity contribution in [2.75, 3.05) is 25.4 Å². The van der Waals surface area contributed by atoms with E-state index in [1.807, 2.05) is 36.6 Å². The SMILES string of the molecule is Cc1nnc(SCC(=O)N2CCN(C(=O)c3ccc([N+](=O)[O-])cc3)C(C)C2)n1-c1cccc(Cl)c1. The molecular weight excluding hydrogens is 492 g/mol. The minimum absolute atomic E-state index is 0.0532. The van der Waals surface area contributed by atoms with Crippen LogP contribution in [0, 0.1) is 17.0 Å². The van der Waals surface area contributed by atoms with Gasteiger partial charge in [-0.2, -0.15) is 0 Å². The van der Waals surface area contributed by atoms with Crippen LogP contribution in [0.1, 0.15) is 23.1 Å². The number of benzene rings is 2. The number of carbonyl (C=O) groups excluding carboxylic acids is 2. The van der Waals surface area contributed by atoms with Crippen LogP contribution in [0.25, 0.3) is 5.69 Å². The van der Waals surface area contributed by atoms with Crippen molar-refractivity contribution in [3.05, 3.63) is 75.1 Å². The summed E-state index contributed by atoms with van der Waals surface area (Å²) >= 11 is 7.42. The number of nitro benzene ring substituents is 1. The minimum atomic E-state index is -0.502. The van der Waals surface area contributed by atoms with E-state index >= 15 is 0 Å². The zero-order chi connectivity index (χ0) is 25.1. The van der Waals surface area contributed by atoms with E-state index in [0.29, 0.717) is 41.2 Å². The first kappa shape index (κ1) is 24.7. The first-order valence-electron chi connectivity index (χ1n) is 10.9. The van der Waals surface area contributed by atoms with Crippen LogP contribution in [-0.4, -0.2) is 72.7 Å². The number of carbonyl (C=O) groups is 2. The fourth-order valence-corrected chi connectivity index (χ4v) is 5.03. The van der Waals surface area contributed by atoms with Crippen molar-refractivity contribution in [3.8, 4) is 5.69 Å². The molecule has 182 valence electrons. The number of nitrogens with zero attached hydrogens (tertiary/aromatic N) is 6. The molecule has 12 heteroatoms. The van der Waals surface area contributed by atoms with Crippen LogP contribution in [0.2, 0.25) is 5.02 Å². The summed E-state index contributed by atoms with van der Waals surface area (Å²) in [6.45, 7) is 4.91. The van der Waals surface area contributed by atoms with Crippen molar-refractivity contribution in [1.82, 2.24) is 24.6 Å². The maximum Gasteiger partial charge on any atom is 0.269 e. The molecule has 2 amide bonds. The summed E-state index contributed by atoms with van der Waals surface area (Å²) in [4.78, 5) is 39.6. The predicted molar refractivity (Wildman–Crippen MR) is 132 cm³/mol. The number of piperazine rings is 1. The van der Waals surface area contributed by atoms with E-state index in [-0.39, 0.29) is 29.3 Å². The van der Waals surface area contributed by atoms with Crippen LogP contribution in [0.3, 0.4) is 0 Å². The molecule has 35 heavy (non-hydrogen) atoms. The Morgan fingerprint density at radius 2 is 1.91 bits per heavy atom. The molecule has 0 saturated carbocycles. The second-order valence-electron chi connectivity index (χ2n) is 8.13. The Kier molecular flexibility index (Phi) is 7.37. The number of hydrogen-bond acceptors (Lipinski definition) is 7. The average Bonchev–Trinajstić information content (AvgIpc) is 3.22. The molecule has 2 aromatic carbocycles. The van der Waals surface area contributed by atoms with Crippen LogP contribution in [0.4, 0.5) is 5.69 Å². The minimum Gasteiger partial charge on any atom is -0.338 e. The summed E-state index contributed by atoms with van der Waals surface area (Å²) in [5.74, 6) is 0.609. The van der Waals surface area contributed by atoms with Gasteiger partial charge in [0.1, 0.15) is 5.82 Å². The topological polar surface area (TPSA) is 114 Å². The highest BCUT2D eigenvalue weighted by molar-refractivity contribution is 7.99. The van der Waals surface area contributed by atoms with E-state index in [2.05, 4.69) is 10.2 Å². The lowest BCUT2D eigenvalue weighted by molar-refractivity contribution is -0.384. The number of non-ortho nitro benzene ring substituents is 1. The second kappa shape index (κ2) is 10.4. The van der Waals surface area contributed by atoms with E-state index in [9.17, 15) is 19.7 Å². The third-order valence-electron chi connectivity index (χ3n) is 5.75. The van der Waals surface area contributed by atoms with Gasteiger partial charge in [-0.15, -0.1) is 10.2 Å². The zero-order valence-corrected chi connectivity index (χ0v) is 20.7. The summed E-state index contributed by atoms with van der Waals surface area (Å²) in [6, 6.07) is 12.7. The molecule has 0 bridgehead atoms. The third kappa shape index (κ3) is 5.46. The molecule has 0 radical (unpaired) electrons. The van der Waals surface area contributed by atoms with Gasteiger partial charge in [-0.05, 0) is 44.2 Å². The summed E-state index contributed by atoms with van der Waals surface area (Å²) in [5, 5.41) is 20.4. The molecular formula is C23H23ClN6O4S. The maximum absolute atomic E-state index is 12.9. The molecule has 1 aromatic heterocycles. The fraction of sp³-hybridized carbons (Fsp3) is 0.304. The van der Waals surface area contributed by atoms with Crippen molar-refractivity contribution < 1.29 is 14.5 Å². The lowest BCUT2D eigenvalue weighted by atomic mass is 10.1. The first-order chi connectivity index (χ1) is 16.7. The van der Waals surface area contributed by atoms with Gasteiger partial charge in [-0.25, -0.2) is 0 Å². The highest BCUT2D eigenvalue weighted by atomic mass is 35.5. The van der Waals surface area contributed by atoms with Crippen LogP contribution in [0.5, 0.6) is 0 Å². The molecule has 1 aliphatic rings. The summed E-state index contributed by atoms with van der Waals surface area (Å²) in [6.07, 6.45) is 0. The molecule has 0 N–H and O–H groups in total. The number of thioether (sulfide) groups is 1. The second-order valence-corrected chi connectivity index (χ2v) is 9.50. The van der Waals surface area contributed by atoms with E-state index < -0.39 is 4.92 Å². The molecule has 10 nitrogen and oxygen atoms in total. The molecule has 4 rings (SSSR count). The molecule has 3 aromatic rings. The molecule has 1 unspecified atom stereocenters. The quantitative estimate of drug-likeness (QED) is 0.280. The van der Waals surface area contributed by atoms with Crippen molar-refractivity contribution in [3.63, 3.8) is 0 Å². The van der Waals surface area contributed by atoms with Gasteiger partial charge < -0.3 is 9.80 Å². The Morgan fingerprint density at radius 3 is 2.57 bits per heavy atom. The maximum atomic E-state index is 12.9. The van der Waals surface area contributed by atoms with Crippen molar-refractivity contribution in [2.45, 2.75) is 25.0 Å². The Bertz CT molecular complexity index is 1270. The average molecular weight is 515 g/mol. The summed E-state index contributed by atoms with van der Waals surface area (Å²) < 4.78 is 1.85. The number of nitro groups is 1. The Hall–Kier alpha value is -3.44. The van der Waals surface area contributed by atoms with Crippen molar-refractivity contribution in [2.24, 2.45) is 0 Å². The van der Waals surface area contributed by atoms with Gasteiger partial charge >= 0.3 is 0 Å². The number of aromatic nitrogens is 3. The monoisotopic (exact) mass is 514 g/mol. The molecule has 1 aliphatic heterocycles. The van der Waals surface area contributed by atoms with Crippen molar-refractivity contribution >= 4 is 40.9 Å². The standard InChI is InChI=1S/C23H23ClN6O4S/c1-15-13-27(10-11-28(15)22(32)17-6-8-19(9-7-17)30(33)34)21(31)14-35-23-26-25-16(2)29(23)20-5-3-4-18(24)12-20/h3-9,12,15H,10-11,13-14H2,1-2H3. The first-order valence-corrected chi connectivity index (χ1v) is 12.2. The van der Waals surface area contributed by atoms with Crippen LogP contribution in [-0.2, 0) is 4.79 Å². The lowest BCUT2D eigenvalue weighted by Crippen LogP contribution is -2.55. The van der Waals surface area contributed by atoms with Gasteiger partial charge in [0.15, 0.2) is 5.16 Å². The lowest BCUT2D eigenvalue weighted by Gasteiger charge is -2.40. The van der Waals surface area contributed by atoms with Gasteiger partial charge in [0.05, 0.1) is 16.4 Å². The summed E-state index contributed by atoms with van der Waals surface area (Å²) in [5.41, 5.74) is 1.14. The van der Waals surface area contributed by atoms with E-state index in [1.165, 1.54) is 36.0 Å². The van der Waals surface area contributed by atoms with Gasteiger partial charge in [0.2, 0.25) is 5.91 Å². The van der Waals surface area contributed by atoms with Crippen LogP contribution >= 0.6 is 23.4 Å². The van der Waals surface area contributed by atoms with Gasteiger partial charge in [-0.1, -0.05) is 29.4 Å². The largest absolute Gasteiger partial charge is 0.338 e. The van der Waals surface area contributed by atoms with E-state index in [0.717, 1.165) is 5.69 Å². The highest BCUT2D eigenvalue weighted by Crippen LogP contribution is 2.25. The van der Waals surface area contributed by atoms with Gasteiger partial charge in [0, 0.05) is 48.4 Å². The molecule has 1 saturated heterocycles. The Morgan fingerprint density at radius 1 is 1.17 bits per heavy atom. The molecule has 1 atom stereocenters. The normalized spacial score (nSPS) is 15.8. The Labute approximate surface area is 211 Å². The van der Waals surface area contributed by atoms with Crippen molar-refractivity contribution in [1.29, 1.82) is 0 Å². The number of rotatable bonds is 6. The Balaban J connectivity index is 1.36.